The van der Waals surface area contributed by atoms with Crippen LogP contribution in [-0.4, -0.2) is 26.0 Å². The van der Waals surface area contributed by atoms with Crippen LogP contribution < -0.4 is 0 Å². The van der Waals surface area contributed by atoms with Crippen molar-refractivity contribution in [3.05, 3.63) is 29.7 Å². The second-order valence-corrected chi connectivity index (χ2v) is 3.66. The molecule has 0 unspecified atom stereocenters. The molecule has 0 atom stereocenters. The summed E-state index contributed by atoms with van der Waals surface area (Å²) in [4.78, 5) is 22.6. The number of aromatic nitrogens is 3. The van der Waals surface area contributed by atoms with Crippen LogP contribution in [0.4, 0.5) is 0 Å². The van der Waals surface area contributed by atoms with Crippen molar-refractivity contribution in [2.24, 2.45) is 0 Å². The van der Waals surface area contributed by atoms with Gasteiger partial charge in [0.15, 0.2) is 0 Å². The molecule has 0 fully saturated rings. The van der Waals surface area contributed by atoms with Gasteiger partial charge in [0, 0.05) is 17.8 Å². The van der Waals surface area contributed by atoms with Crippen LogP contribution in [0.15, 0.2) is 24.0 Å². The molecule has 0 saturated heterocycles. The molecule has 5 nitrogen and oxygen atoms in total. The van der Waals surface area contributed by atoms with Crippen LogP contribution in [0.1, 0.15) is 5.69 Å². The summed E-state index contributed by atoms with van der Waals surface area (Å²) in [5.74, 6) is -0.883. The van der Waals surface area contributed by atoms with E-state index in [0.717, 1.165) is 0 Å². The summed E-state index contributed by atoms with van der Waals surface area (Å²) in [6.45, 7) is 0. The fourth-order valence-electron chi connectivity index (χ4n) is 1.07. The first-order chi connectivity index (χ1) is 7.25. The zero-order valence-corrected chi connectivity index (χ0v) is 8.44. The number of thiazole rings is 1. The van der Waals surface area contributed by atoms with Gasteiger partial charge in [0.2, 0.25) is 0 Å². The number of nitrogens with zero attached hydrogens (tertiary/aromatic N) is 3. The van der Waals surface area contributed by atoms with Crippen LogP contribution >= 0.6 is 11.3 Å². The quantitative estimate of drug-likeness (QED) is 0.843. The molecule has 0 aromatic carbocycles. The number of carboxylic acid groups (broad SMARTS) is 1. The maximum atomic E-state index is 10.5. The van der Waals surface area contributed by atoms with Crippen LogP contribution in [0.2, 0.25) is 0 Å². The molecular formula is C9H7N3O2S. The molecule has 0 bridgehead atoms. The molecule has 0 radical (unpaired) electrons. The molecule has 0 saturated carbocycles. The zero-order chi connectivity index (χ0) is 10.7. The zero-order valence-electron chi connectivity index (χ0n) is 7.62. The minimum atomic E-state index is -0.883. The van der Waals surface area contributed by atoms with Gasteiger partial charge in [-0.25, -0.2) is 4.98 Å². The summed E-state index contributed by atoms with van der Waals surface area (Å²) >= 11 is 1.37. The van der Waals surface area contributed by atoms with Crippen molar-refractivity contribution in [3.63, 3.8) is 0 Å². The Hall–Kier alpha value is -1.82. The van der Waals surface area contributed by atoms with Crippen LogP contribution in [0.25, 0.3) is 10.7 Å². The Morgan fingerprint density at radius 2 is 2.33 bits per heavy atom. The van der Waals surface area contributed by atoms with E-state index >= 15 is 0 Å². The Morgan fingerprint density at radius 3 is 3.00 bits per heavy atom. The number of rotatable bonds is 3. The topological polar surface area (TPSA) is 76.0 Å². The maximum Gasteiger partial charge on any atom is 0.309 e. The highest BCUT2D eigenvalue weighted by Crippen LogP contribution is 2.20. The van der Waals surface area contributed by atoms with E-state index in [1.54, 1.807) is 24.0 Å². The van der Waals surface area contributed by atoms with Gasteiger partial charge in [0.05, 0.1) is 18.3 Å². The van der Waals surface area contributed by atoms with Crippen molar-refractivity contribution >= 4 is 17.3 Å². The number of hydrogen-bond donors (Lipinski definition) is 1. The van der Waals surface area contributed by atoms with Crippen molar-refractivity contribution in [1.29, 1.82) is 0 Å². The lowest BCUT2D eigenvalue weighted by molar-refractivity contribution is -0.136. The second-order valence-electron chi connectivity index (χ2n) is 2.81. The molecule has 0 aliphatic carbocycles. The van der Waals surface area contributed by atoms with E-state index < -0.39 is 5.97 Å². The summed E-state index contributed by atoms with van der Waals surface area (Å²) in [5, 5.41) is 11.0. The van der Waals surface area contributed by atoms with Gasteiger partial charge in [-0.05, 0) is 0 Å². The van der Waals surface area contributed by atoms with E-state index in [9.17, 15) is 4.79 Å². The first kappa shape index (κ1) is 9.72. The van der Waals surface area contributed by atoms with Crippen LogP contribution in [0.3, 0.4) is 0 Å². The summed E-state index contributed by atoms with van der Waals surface area (Å²) in [6.07, 6.45) is 4.70. The van der Waals surface area contributed by atoms with E-state index in [-0.39, 0.29) is 6.42 Å². The van der Waals surface area contributed by atoms with Crippen LogP contribution in [0.5, 0.6) is 0 Å². The molecule has 76 valence electrons. The summed E-state index contributed by atoms with van der Waals surface area (Å²) in [7, 11) is 0. The first-order valence-corrected chi connectivity index (χ1v) is 5.06. The second kappa shape index (κ2) is 4.14. The Bertz CT molecular complexity index is 469. The average Bonchev–Trinajstić information content (AvgIpc) is 2.67. The molecule has 2 rings (SSSR count). The van der Waals surface area contributed by atoms with Crippen LogP contribution in [-0.2, 0) is 11.2 Å². The third-order valence-electron chi connectivity index (χ3n) is 1.67. The number of hydrogen-bond acceptors (Lipinski definition) is 5. The SMILES string of the molecule is O=C(O)Cc1csc(-c2cnccn2)n1. The van der Waals surface area contributed by atoms with Crippen molar-refractivity contribution in [2.45, 2.75) is 6.42 Å². The number of carboxylic acids is 1. The minimum Gasteiger partial charge on any atom is -0.481 e. The van der Waals surface area contributed by atoms with Gasteiger partial charge in [-0.2, -0.15) is 0 Å². The highest BCUT2D eigenvalue weighted by atomic mass is 32.1. The molecule has 2 aromatic heterocycles. The van der Waals surface area contributed by atoms with Gasteiger partial charge < -0.3 is 5.11 Å². The average molecular weight is 221 g/mol. The standard InChI is InChI=1S/C9H7N3O2S/c13-8(14)3-6-5-15-9(12-6)7-4-10-1-2-11-7/h1-2,4-5H,3H2,(H,13,14). The Morgan fingerprint density at radius 1 is 1.47 bits per heavy atom. The Labute approximate surface area is 89.5 Å². The first-order valence-electron chi connectivity index (χ1n) is 4.18. The molecule has 0 amide bonds. The largest absolute Gasteiger partial charge is 0.481 e. The molecule has 0 aliphatic rings. The Balaban J connectivity index is 2.24. The molecule has 0 aliphatic heterocycles. The van der Waals surface area contributed by atoms with Gasteiger partial charge in [0.25, 0.3) is 0 Å². The normalized spacial score (nSPS) is 10.1. The highest BCUT2D eigenvalue weighted by molar-refractivity contribution is 7.13. The summed E-state index contributed by atoms with van der Waals surface area (Å²) < 4.78 is 0. The minimum absolute atomic E-state index is 0.0588. The lowest BCUT2D eigenvalue weighted by Gasteiger charge is -1.91. The molecule has 0 spiro atoms. The van der Waals surface area contributed by atoms with Crippen molar-refractivity contribution in [2.75, 3.05) is 0 Å². The van der Waals surface area contributed by atoms with E-state index in [4.69, 9.17) is 5.11 Å². The number of carbonyl (C=O) groups is 1. The van der Waals surface area contributed by atoms with Gasteiger partial charge in [0.1, 0.15) is 10.7 Å². The lowest BCUT2D eigenvalue weighted by Crippen LogP contribution is -1.99. The molecule has 15 heavy (non-hydrogen) atoms. The fourth-order valence-corrected chi connectivity index (χ4v) is 1.85. The summed E-state index contributed by atoms with van der Waals surface area (Å²) in [5.41, 5.74) is 1.22. The molecule has 2 aromatic rings. The smallest absolute Gasteiger partial charge is 0.309 e. The highest BCUT2D eigenvalue weighted by Gasteiger charge is 2.08. The lowest BCUT2D eigenvalue weighted by atomic mass is 10.3. The monoisotopic (exact) mass is 221 g/mol. The predicted molar refractivity (Wildman–Crippen MR) is 54.5 cm³/mol. The van der Waals surface area contributed by atoms with E-state index in [1.165, 1.54) is 11.3 Å². The van der Waals surface area contributed by atoms with Crippen LogP contribution in [0, 0.1) is 0 Å². The maximum absolute atomic E-state index is 10.5. The van der Waals surface area contributed by atoms with Gasteiger partial charge in [-0.3, -0.25) is 14.8 Å². The molecule has 1 N–H and O–H groups in total. The van der Waals surface area contributed by atoms with Gasteiger partial charge in [-0.15, -0.1) is 11.3 Å². The Kier molecular flexibility index (Phi) is 2.68. The predicted octanol–water partition coefficient (Wildman–Crippen LogP) is 1.23. The van der Waals surface area contributed by atoms with E-state index in [1.807, 2.05) is 0 Å². The fraction of sp³-hybridized carbons (Fsp3) is 0.111. The van der Waals surface area contributed by atoms with E-state index in [0.29, 0.717) is 16.4 Å². The molecular weight excluding hydrogens is 214 g/mol. The third-order valence-corrected chi connectivity index (χ3v) is 2.58. The van der Waals surface area contributed by atoms with Crippen molar-refractivity contribution in [1.82, 2.24) is 15.0 Å². The number of aliphatic carboxylic acids is 1. The van der Waals surface area contributed by atoms with Crippen molar-refractivity contribution in [3.8, 4) is 10.7 Å². The molecule has 2 heterocycles. The van der Waals surface area contributed by atoms with Gasteiger partial charge in [-0.1, -0.05) is 0 Å². The van der Waals surface area contributed by atoms with Crippen molar-refractivity contribution < 1.29 is 9.90 Å². The summed E-state index contributed by atoms with van der Waals surface area (Å²) in [6, 6.07) is 0. The van der Waals surface area contributed by atoms with Gasteiger partial charge >= 0.3 is 5.97 Å². The molecule has 6 heteroatoms. The van der Waals surface area contributed by atoms with E-state index in [2.05, 4.69) is 15.0 Å². The third kappa shape index (κ3) is 2.35.